The van der Waals surface area contributed by atoms with Crippen molar-refractivity contribution < 1.29 is 0 Å². The molecule has 2 rings (SSSR count). The van der Waals surface area contributed by atoms with Crippen LogP contribution in [0.5, 0.6) is 0 Å². The second kappa shape index (κ2) is 4.46. The Labute approximate surface area is 103 Å². The summed E-state index contributed by atoms with van der Waals surface area (Å²) in [6.45, 7) is 7.03. The van der Waals surface area contributed by atoms with Crippen molar-refractivity contribution in [3.8, 4) is 0 Å². The lowest BCUT2D eigenvalue weighted by Crippen LogP contribution is -2.29. The van der Waals surface area contributed by atoms with Crippen LogP contribution in [0.3, 0.4) is 0 Å². The van der Waals surface area contributed by atoms with Crippen LogP contribution in [0.2, 0.25) is 0 Å². The summed E-state index contributed by atoms with van der Waals surface area (Å²) in [6.07, 6.45) is 1.06. The van der Waals surface area contributed by atoms with E-state index in [9.17, 15) is 0 Å². The maximum absolute atomic E-state index is 5.79. The summed E-state index contributed by atoms with van der Waals surface area (Å²) in [5.74, 6) is 0. The van der Waals surface area contributed by atoms with Crippen molar-refractivity contribution in [3.63, 3.8) is 0 Å². The molecule has 17 heavy (non-hydrogen) atoms. The molecule has 0 amide bonds. The Balaban J connectivity index is 2.52. The van der Waals surface area contributed by atoms with Crippen molar-refractivity contribution in [2.75, 3.05) is 6.54 Å². The van der Waals surface area contributed by atoms with Gasteiger partial charge in [-0.05, 0) is 30.2 Å². The number of nitrogens with zero attached hydrogens (tertiary/aromatic N) is 1. The van der Waals surface area contributed by atoms with E-state index in [2.05, 4.69) is 51.1 Å². The number of rotatable bonds is 3. The minimum Gasteiger partial charge on any atom is -0.330 e. The van der Waals surface area contributed by atoms with Crippen molar-refractivity contribution in [1.29, 1.82) is 0 Å². The zero-order chi connectivity index (χ0) is 12.5. The highest BCUT2D eigenvalue weighted by Gasteiger charge is 2.20. The lowest BCUT2D eigenvalue weighted by Gasteiger charge is -2.22. The van der Waals surface area contributed by atoms with Crippen LogP contribution in [0.1, 0.15) is 32.0 Å². The first-order valence-electron chi connectivity index (χ1n) is 6.17. The van der Waals surface area contributed by atoms with E-state index in [-0.39, 0.29) is 5.41 Å². The van der Waals surface area contributed by atoms with Gasteiger partial charge in [0, 0.05) is 23.0 Å². The molecule has 0 fully saturated rings. The van der Waals surface area contributed by atoms with Crippen LogP contribution in [-0.2, 0) is 11.8 Å². The van der Waals surface area contributed by atoms with E-state index in [4.69, 9.17) is 10.7 Å². The van der Waals surface area contributed by atoms with Crippen molar-refractivity contribution in [2.24, 2.45) is 5.73 Å². The second-order valence-electron chi connectivity index (χ2n) is 5.17. The van der Waals surface area contributed by atoms with E-state index < -0.39 is 0 Å². The molecule has 2 N–H and O–H groups in total. The Morgan fingerprint density at radius 3 is 2.59 bits per heavy atom. The highest BCUT2D eigenvalue weighted by molar-refractivity contribution is 5.79. The van der Waals surface area contributed by atoms with Gasteiger partial charge in [0.15, 0.2) is 0 Å². The minimum atomic E-state index is -0.0579. The molecule has 0 aliphatic carbocycles. The normalized spacial score (nSPS) is 12.0. The predicted molar refractivity (Wildman–Crippen MR) is 73.2 cm³/mol. The summed E-state index contributed by atoms with van der Waals surface area (Å²) in [5, 5.41) is 1.21. The summed E-state index contributed by atoms with van der Waals surface area (Å²) >= 11 is 0. The van der Waals surface area contributed by atoms with Gasteiger partial charge in [-0.3, -0.25) is 4.98 Å². The number of nitrogens with two attached hydrogens (primary N) is 1. The maximum Gasteiger partial charge on any atom is 0.0705 e. The Morgan fingerprint density at radius 1 is 1.18 bits per heavy atom. The molecule has 0 spiro atoms. The lowest BCUT2D eigenvalue weighted by atomic mass is 9.88. The fourth-order valence-corrected chi connectivity index (χ4v) is 1.88. The van der Waals surface area contributed by atoms with Crippen molar-refractivity contribution in [2.45, 2.75) is 32.6 Å². The second-order valence-corrected chi connectivity index (χ2v) is 5.17. The topological polar surface area (TPSA) is 38.9 Å². The third-order valence-corrected chi connectivity index (χ3v) is 3.37. The van der Waals surface area contributed by atoms with Crippen molar-refractivity contribution >= 4 is 10.9 Å². The van der Waals surface area contributed by atoms with E-state index in [1.54, 1.807) is 0 Å². The van der Waals surface area contributed by atoms with Crippen LogP contribution >= 0.6 is 0 Å². The molecule has 0 unspecified atom stereocenters. The zero-order valence-corrected chi connectivity index (χ0v) is 10.8. The molecule has 1 aromatic carbocycles. The molecule has 0 atom stereocenters. The molecule has 0 aliphatic rings. The third kappa shape index (κ3) is 2.32. The summed E-state index contributed by atoms with van der Waals surface area (Å²) in [4.78, 5) is 4.71. The first kappa shape index (κ1) is 12.1. The number of benzene rings is 1. The van der Waals surface area contributed by atoms with Gasteiger partial charge in [-0.15, -0.1) is 0 Å². The molecule has 0 radical (unpaired) electrons. The van der Waals surface area contributed by atoms with Crippen molar-refractivity contribution in [3.05, 3.63) is 41.6 Å². The zero-order valence-electron chi connectivity index (χ0n) is 10.8. The number of aromatic nitrogens is 1. The van der Waals surface area contributed by atoms with Crippen LogP contribution in [-0.4, -0.2) is 11.5 Å². The first-order valence-corrected chi connectivity index (χ1v) is 6.17. The molecule has 0 saturated heterocycles. The quantitative estimate of drug-likeness (QED) is 0.877. The third-order valence-electron chi connectivity index (χ3n) is 3.37. The molecule has 1 heterocycles. The number of hydrogen-bond donors (Lipinski definition) is 1. The van der Waals surface area contributed by atoms with Gasteiger partial charge in [-0.2, -0.15) is 0 Å². The lowest BCUT2D eigenvalue weighted by molar-refractivity contribution is 0.524. The van der Waals surface area contributed by atoms with E-state index in [0.717, 1.165) is 17.6 Å². The summed E-state index contributed by atoms with van der Waals surface area (Å²) in [6, 6.07) is 10.7. The van der Waals surface area contributed by atoms with Gasteiger partial charge in [-0.1, -0.05) is 32.9 Å². The fraction of sp³-hybridized carbons (Fsp3) is 0.400. The molecule has 2 heteroatoms. The molecule has 2 nitrogen and oxygen atoms in total. The summed E-state index contributed by atoms with van der Waals surface area (Å²) in [7, 11) is 0. The van der Waals surface area contributed by atoms with Gasteiger partial charge in [0.05, 0.1) is 5.52 Å². The number of aryl methyl sites for hydroxylation is 1. The van der Waals surface area contributed by atoms with E-state index >= 15 is 0 Å². The Kier molecular flexibility index (Phi) is 3.16. The highest BCUT2D eigenvalue weighted by Crippen LogP contribution is 2.23. The fourth-order valence-electron chi connectivity index (χ4n) is 1.88. The van der Waals surface area contributed by atoms with Gasteiger partial charge in [0.1, 0.15) is 0 Å². The van der Waals surface area contributed by atoms with E-state index in [1.165, 1.54) is 10.9 Å². The van der Waals surface area contributed by atoms with Gasteiger partial charge in [-0.25, -0.2) is 0 Å². The predicted octanol–water partition coefficient (Wildman–Crippen LogP) is 3.03. The largest absolute Gasteiger partial charge is 0.330 e. The molecular weight excluding hydrogens is 208 g/mol. The molecule has 1 aromatic heterocycles. The van der Waals surface area contributed by atoms with Crippen molar-refractivity contribution in [1.82, 2.24) is 4.98 Å². The highest BCUT2D eigenvalue weighted by atomic mass is 14.7. The average molecular weight is 228 g/mol. The molecule has 2 aromatic rings. The van der Waals surface area contributed by atoms with E-state index in [1.807, 2.05) is 0 Å². The van der Waals surface area contributed by atoms with Gasteiger partial charge < -0.3 is 5.73 Å². The Morgan fingerprint density at radius 2 is 1.94 bits per heavy atom. The molecule has 90 valence electrons. The smallest absolute Gasteiger partial charge is 0.0705 e. The van der Waals surface area contributed by atoms with Gasteiger partial charge >= 0.3 is 0 Å². The standard InChI is InChI=1S/C15H20N2/c1-4-11-5-7-13-12(9-11)6-8-14(17-13)15(2,3)10-16/h5-9H,4,10,16H2,1-3H3. The number of fused-ring (bicyclic) bond motifs is 1. The molecule has 0 saturated carbocycles. The molecular formula is C15H20N2. The molecule has 0 bridgehead atoms. The minimum absolute atomic E-state index is 0.0579. The van der Waals surface area contributed by atoms with Crippen LogP contribution in [0.4, 0.5) is 0 Å². The van der Waals surface area contributed by atoms with Crippen LogP contribution in [0, 0.1) is 0 Å². The SMILES string of the molecule is CCc1ccc2nc(C(C)(C)CN)ccc2c1. The van der Waals surface area contributed by atoms with E-state index in [0.29, 0.717) is 6.54 Å². The maximum atomic E-state index is 5.79. The van der Waals surface area contributed by atoms with Crippen LogP contribution < -0.4 is 5.73 Å². The number of hydrogen-bond acceptors (Lipinski definition) is 2. The van der Waals surface area contributed by atoms with Crippen LogP contribution in [0.25, 0.3) is 10.9 Å². The summed E-state index contributed by atoms with van der Waals surface area (Å²) in [5.41, 5.74) is 9.21. The Hall–Kier alpha value is -1.41. The van der Waals surface area contributed by atoms with Crippen LogP contribution in [0.15, 0.2) is 30.3 Å². The van der Waals surface area contributed by atoms with Gasteiger partial charge in [0.2, 0.25) is 0 Å². The number of pyridine rings is 1. The molecule has 0 aliphatic heterocycles. The summed E-state index contributed by atoms with van der Waals surface area (Å²) < 4.78 is 0. The van der Waals surface area contributed by atoms with Gasteiger partial charge in [0.25, 0.3) is 0 Å². The monoisotopic (exact) mass is 228 g/mol. The average Bonchev–Trinajstić information content (AvgIpc) is 2.37. The Bertz CT molecular complexity index is 529. The first-order chi connectivity index (χ1) is 8.06.